The molecule has 5 heteroatoms. The van der Waals surface area contributed by atoms with E-state index in [1.807, 2.05) is 18.2 Å². The van der Waals surface area contributed by atoms with Crippen molar-refractivity contribution in [1.82, 2.24) is 10.6 Å². The van der Waals surface area contributed by atoms with Crippen molar-refractivity contribution in [2.24, 2.45) is 5.92 Å². The van der Waals surface area contributed by atoms with Crippen molar-refractivity contribution in [2.45, 2.75) is 19.4 Å². The first-order valence-electron chi connectivity index (χ1n) is 7.28. The van der Waals surface area contributed by atoms with Crippen LogP contribution in [0.4, 0.5) is 0 Å². The van der Waals surface area contributed by atoms with Gasteiger partial charge in [-0.05, 0) is 49.7 Å². The van der Waals surface area contributed by atoms with Gasteiger partial charge in [-0.15, -0.1) is 0 Å². The van der Waals surface area contributed by atoms with Crippen molar-refractivity contribution in [3.63, 3.8) is 0 Å². The van der Waals surface area contributed by atoms with Gasteiger partial charge in [0, 0.05) is 16.6 Å². The van der Waals surface area contributed by atoms with Crippen molar-refractivity contribution < 1.29 is 9.53 Å². The lowest BCUT2D eigenvalue weighted by Gasteiger charge is -2.30. The molecule has 1 amide bonds. The molecule has 1 aromatic carbocycles. The first kappa shape index (κ1) is 14.4. The van der Waals surface area contributed by atoms with E-state index in [4.69, 9.17) is 16.3 Å². The number of nitrogens with one attached hydrogen (secondary N) is 2. The fourth-order valence-corrected chi connectivity index (χ4v) is 2.95. The van der Waals surface area contributed by atoms with Crippen molar-refractivity contribution in [2.75, 3.05) is 19.7 Å². The summed E-state index contributed by atoms with van der Waals surface area (Å²) in [6.45, 7) is 4.35. The lowest BCUT2D eigenvalue weighted by atomic mass is 9.95. The van der Waals surface area contributed by atoms with Gasteiger partial charge in [0.05, 0.1) is 5.57 Å². The van der Waals surface area contributed by atoms with E-state index in [1.54, 1.807) is 6.07 Å². The van der Waals surface area contributed by atoms with Gasteiger partial charge in [-0.2, -0.15) is 0 Å². The van der Waals surface area contributed by atoms with Gasteiger partial charge in [0.15, 0.2) is 0 Å². The largest absolute Gasteiger partial charge is 0.488 e. The molecule has 4 nitrogen and oxygen atoms in total. The fourth-order valence-electron chi connectivity index (χ4n) is 2.77. The molecule has 0 aromatic heterocycles. The minimum absolute atomic E-state index is 0.0422. The number of carbonyl (C=O) groups excluding carboxylic acids is 1. The summed E-state index contributed by atoms with van der Waals surface area (Å²) in [7, 11) is 0. The van der Waals surface area contributed by atoms with Crippen molar-refractivity contribution in [3.8, 4) is 5.75 Å². The monoisotopic (exact) mass is 306 g/mol. The summed E-state index contributed by atoms with van der Waals surface area (Å²) in [5.74, 6) is 1.17. The first-order valence-corrected chi connectivity index (χ1v) is 7.66. The van der Waals surface area contributed by atoms with E-state index in [9.17, 15) is 4.79 Å². The molecule has 2 unspecified atom stereocenters. The normalized spacial score (nSPS) is 24.6. The average Bonchev–Trinajstić information content (AvgIpc) is 2.48. The van der Waals surface area contributed by atoms with Gasteiger partial charge in [-0.3, -0.25) is 4.79 Å². The van der Waals surface area contributed by atoms with Crippen molar-refractivity contribution in [3.05, 3.63) is 34.4 Å². The summed E-state index contributed by atoms with van der Waals surface area (Å²) in [6.07, 6.45) is 2.83. The second kappa shape index (κ2) is 6.08. The van der Waals surface area contributed by atoms with Gasteiger partial charge >= 0.3 is 0 Å². The Labute approximate surface area is 129 Å². The topological polar surface area (TPSA) is 50.4 Å². The van der Waals surface area contributed by atoms with E-state index in [0.717, 1.165) is 30.8 Å². The van der Waals surface area contributed by atoms with E-state index in [2.05, 4.69) is 17.6 Å². The number of piperidine rings is 1. The van der Waals surface area contributed by atoms with E-state index < -0.39 is 0 Å². The first-order chi connectivity index (χ1) is 10.1. The van der Waals surface area contributed by atoms with Gasteiger partial charge in [-0.25, -0.2) is 0 Å². The molecule has 21 heavy (non-hydrogen) atoms. The minimum Gasteiger partial charge on any atom is -0.488 e. The molecule has 1 fully saturated rings. The molecule has 2 aliphatic rings. The molecule has 3 rings (SSSR count). The Hall–Kier alpha value is -1.52. The van der Waals surface area contributed by atoms with Gasteiger partial charge in [0.25, 0.3) is 5.91 Å². The smallest absolute Gasteiger partial charge is 0.250 e. The summed E-state index contributed by atoms with van der Waals surface area (Å²) in [5, 5.41) is 7.10. The van der Waals surface area contributed by atoms with Crippen LogP contribution in [0.5, 0.6) is 5.75 Å². The average molecular weight is 307 g/mol. The highest BCUT2D eigenvalue weighted by molar-refractivity contribution is 6.30. The Morgan fingerprint density at radius 3 is 3.14 bits per heavy atom. The quantitative estimate of drug-likeness (QED) is 0.881. The maximum Gasteiger partial charge on any atom is 0.250 e. The van der Waals surface area contributed by atoms with E-state index in [1.165, 1.54) is 0 Å². The molecular weight excluding hydrogens is 288 g/mol. The highest BCUT2D eigenvalue weighted by Crippen LogP contribution is 2.29. The molecular formula is C16H19ClN2O2. The molecule has 0 radical (unpaired) electrons. The number of carbonyl (C=O) groups is 1. The summed E-state index contributed by atoms with van der Waals surface area (Å²) in [4.78, 5) is 12.4. The van der Waals surface area contributed by atoms with Crippen LogP contribution in [0.15, 0.2) is 23.8 Å². The highest BCUT2D eigenvalue weighted by atomic mass is 35.5. The summed E-state index contributed by atoms with van der Waals surface area (Å²) < 4.78 is 5.63. The van der Waals surface area contributed by atoms with E-state index >= 15 is 0 Å². The third-order valence-electron chi connectivity index (χ3n) is 4.08. The highest BCUT2D eigenvalue weighted by Gasteiger charge is 2.25. The second-order valence-corrected chi connectivity index (χ2v) is 6.13. The SMILES string of the molecule is CC1CNCCC1NC(=O)C1=Cc2cc(Cl)ccc2OC1. The van der Waals surface area contributed by atoms with Gasteiger partial charge in [0.2, 0.25) is 0 Å². The summed E-state index contributed by atoms with van der Waals surface area (Å²) in [5.41, 5.74) is 1.51. The standard InChI is InChI=1S/C16H19ClN2O2/c1-10-8-18-5-4-14(10)19-16(20)12-6-11-7-13(17)2-3-15(11)21-9-12/h2-3,6-7,10,14,18H,4-5,8-9H2,1H3,(H,19,20). The molecule has 2 N–H and O–H groups in total. The number of hydrogen-bond donors (Lipinski definition) is 2. The van der Waals surface area contributed by atoms with Crippen LogP contribution >= 0.6 is 11.6 Å². The number of hydrogen-bond acceptors (Lipinski definition) is 3. The molecule has 1 saturated heterocycles. The molecule has 2 atom stereocenters. The number of rotatable bonds is 2. The van der Waals surface area contributed by atoms with Crippen LogP contribution < -0.4 is 15.4 Å². The van der Waals surface area contributed by atoms with Crippen molar-refractivity contribution in [1.29, 1.82) is 0 Å². The maximum atomic E-state index is 12.4. The van der Waals surface area contributed by atoms with Gasteiger partial charge in [-0.1, -0.05) is 18.5 Å². The summed E-state index contributed by atoms with van der Waals surface area (Å²) in [6, 6.07) is 5.66. The number of halogens is 1. The lowest BCUT2D eigenvalue weighted by molar-refractivity contribution is -0.118. The third kappa shape index (κ3) is 3.22. The van der Waals surface area contributed by atoms with Crippen LogP contribution in [0.3, 0.4) is 0 Å². The van der Waals surface area contributed by atoms with Crippen LogP contribution in [-0.2, 0) is 4.79 Å². The molecule has 0 aliphatic carbocycles. The number of ether oxygens (including phenoxy) is 1. The molecule has 0 bridgehead atoms. The zero-order valence-corrected chi connectivity index (χ0v) is 12.7. The minimum atomic E-state index is -0.0422. The van der Waals surface area contributed by atoms with Gasteiger partial charge in [0.1, 0.15) is 12.4 Å². The molecule has 0 spiro atoms. The van der Waals surface area contributed by atoms with E-state index in [-0.39, 0.29) is 11.9 Å². The summed E-state index contributed by atoms with van der Waals surface area (Å²) >= 11 is 5.99. The van der Waals surface area contributed by atoms with Crippen LogP contribution in [0, 0.1) is 5.92 Å². The Kier molecular flexibility index (Phi) is 4.17. The predicted octanol–water partition coefficient (Wildman–Crippen LogP) is 2.23. The van der Waals surface area contributed by atoms with E-state index in [0.29, 0.717) is 23.1 Å². The van der Waals surface area contributed by atoms with Crippen molar-refractivity contribution >= 4 is 23.6 Å². The van der Waals surface area contributed by atoms with Crippen LogP contribution in [-0.4, -0.2) is 31.6 Å². The van der Waals surface area contributed by atoms with Crippen LogP contribution in [0.1, 0.15) is 18.9 Å². The Morgan fingerprint density at radius 2 is 2.33 bits per heavy atom. The fraction of sp³-hybridized carbons (Fsp3) is 0.438. The van der Waals surface area contributed by atoms with Crippen LogP contribution in [0.2, 0.25) is 5.02 Å². The Balaban J connectivity index is 1.73. The Bertz CT molecular complexity index is 586. The molecule has 0 saturated carbocycles. The third-order valence-corrected chi connectivity index (χ3v) is 4.31. The zero-order valence-electron chi connectivity index (χ0n) is 12.0. The molecule has 112 valence electrons. The predicted molar refractivity (Wildman–Crippen MR) is 83.5 cm³/mol. The zero-order chi connectivity index (χ0) is 14.8. The second-order valence-electron chi connectivity index (χ2n) is 5.69. The molecule has 1 aromatic rings. The number of benzene rings is 1. The maximum absolute atomic E-state index is 12.4. The Morgan fingerprint density at radius 1 is 1.48 bits per heavy atom. The number of fused-ring (bicyclic) bond motifs is 1. The molecule has 2 heterocycles. The van der Waals surface area contributed by atoms with Gasteiger partial charge < -0.3 is 15.4 Å². The molecule has 2 aliphatic heterocycles. The van der Waals surface area contributed by atoms with Crippen LogP contribution in [0.25, 0.3) is 6.08 Å². The number of amides is 1. The lowest BCUT2D eigenvalue weighted by Crippen LogP contribution is -2.49.